The van der Waals surface area contributed by atoms with Crippen molar-refractivity contribution in [1.29, 1.82) is 0 Å². The van der Waals surface area contributed by atoms with Gasteiger partial charge in [0.1, 0.15) is 23.0 Å². The lowest BCUT2D eigenvalue weighted by atomic mass is 10.1. The minimum atomic E-state index is -0.252. The van der Waals surface area contributed by atoms with Crippen molar-refractivity contribution < 1.29 is 23.7 Å². The standard InChI is InChI=1S/C28H32O5/c1-4-6-23-20-26(33-25-11-7-21(2)8-12-25)15-16-27(23)32-18-5-17-31-24-13-9-22(10-14-24)19-28(29)30-3/h7-16,20H,4-6,17-19H2,1-3H3. The van der Waals surface area contributed by atoms with Crippen LogP contribution in [-0.2, 0) is 22.4 Å². The maximum absolute atomic E-state index is 11.3. The van der Waals surface area contributed by atoms with E-state index >= 15 is 0 Å². The summed E-state index contributed by atoms with van der Waals surface area (Å²) in [5, 5.41) is 0. The third-order valence-electron chi connectivity index (χ3n) is 5.12. The molecule has 0 radical (unpaired) electrons. The van der Waals surface area contributed by atoms with Crippen LogP contribution < -0.4 is 14.2 Å². The Morgan fingerprint density at radius 3 is 2.18 bits per heavy atom. The zero-order valence-corrected chi connectivity index (χ0v) is 19.6. The predicted molar refractivity (Wildman–Crippen MR) is 129 cm³/mol. The first-order valence-corrected chi connectivity index (χ1v) is 11.4. The molecule has 0 atom stereocenters. The molecule has 3 rings (SSSR count). The first-order valence-electron chi connectivity index (χ1n) is 11.4. The number of ether oxygens (including phenoxy) is 4. The highest BCUT2D eigenvalue weighted by Crippen LogP contribution is 2.29. The number of benzene rings is 3. The molecular weight excluding hydrogens is 416 g/mol. The van der Waals surface area contributed by atoms with Crippen LogP contribution in [0.4, 0.5) is 0 Å². The SMILES string of the molecule is CCCc1cc(Oc2ccc(C)cc2)ccc1OCCCOc1ccc(CC(=O)OC)cc1. The molecular formula is C28H32O5. The fourth-order valence-electron chi connectivity index (χ4n) is 3.34. The smallest absolute Gasteiger partial charge is 0.309 e. The van der Waals surface area contributed by atoms with Crippen molar-refractivity contribution in [2.75, 3.05) is 20.3 Å². The lowest BCUT2D eigenvalue weighted by Gasteiger charge is -2.14. The summed E-state index contributed by atoms with van der Waals surface area (Å²) in [6.07, 6.45) is 2.98. The summed E-state index contributed by atoms with van der Waals surface area (Å²) in [5.41, 5.74) is 3.25. The third kappa shape index (κ3) is 7.86. The first kappa shape index (κ1) is 24.2. The third-order valence-corrected chi connectivity index (χ3v) is 5.12. The van der Waals surface area contributed by atoms with Crippen molar-refractivity contribution in [2.24, 2.45) is 0 Å². The zero-order valence-electron chi connectivity index (χ0n) is 19.6. The molecule has 0 aromatic heterocycles. The number of aryl methyl sites for hydroxylation is 2. The van der Waals surface area contributed by atoms with Gasteiger partial charge in [-0.1, -0.05) is 43.2 Å². The van der Waals surface area contributed by atoms with Crippen LogP contribution in [0.2, 0.25) is 0 Å². The van der Waals surface area contributed by atoms with E-state index in [2.05, 4.69) is 24.7 Å². The van der Waals surface area contributed by atoms with Crippen molar-refractivity contribution in [1.82, 2.24) is 0 Å². The van der Waals surface area contributed by atoms with Gasteiger partial charge in [0.15, 0.2) is 0 Å². The van der Waals surface area contributed by atoms with Crippen LogP contribution in [0.5, 0.6) is 23.0 Å². The van der Waals surface area contributed by atoms with Crippen molar-refractivity contribution in [2.45, 2.75) is 39.5 Å². The quantitative estimate of drug-likeness (QED) is 0.240. The van der Waals surface area contributed by atoms with Gasteiger partial charge in [-0.15, -0.1) is 0 Å². The van der Waals surface area contributed by atoms with E-state index in [9.17, 15) is 4.79 Å². The number of carbonyl (C=O) groups excluding carboxylic acids is 1. The fourth-order valence-corrected chi connectivity index (χ4v) is 3.34. The van der Waals surface area contributed by atoms with E-state index in [0.29, 0.717) is 13.2 Å². The van der Waals surface area contributed by atoms with Crippen LogP contribution in [0, 0.1) is 6.92 Å². The molecule has 0 aliphatic carbocycles. The molecule has 0 fully saturated rings. The lowest BCUT2D eigenvalue weighted by Crippen LogP contribution is -2.07. The highest BCUT2D eigenvalue weighted by molar-refractivity contribution is 5.72. The molecule has 3 aromatic rings. The maximum atomic E-state index is 11.3. The molecule has 3 aromatic carbocycles. The Morgan fingerprint density at radius 2 is 1.48 bits per heavy atom. The average Bonchev–Trinajstić information content (AvgIpc) is 2.82. The summed E-state index contributed by atoms with van der Waals surface area (Å²) in [4.78, 5) is 11.3. The van der Waals surface area contributed by atoms with Crippen molar-refractivity contribution in [3.8, 4) is 23.0 Å². The molecule has 0 N–H and O–H groups in total. The van der Waals surface area contributed by atoms with Gasteiger partial charge < -0.3 is 18.9 Å². The molecule has 174 valence electrons. The summed E-state index contributed by atoms with van der Waals surface area (Å²) in [7, 11) is 1.39. The van der Waals surface area contributed by atoms with Gasteiger partial charge in [0, 0.05) is 6.42 Å². The van der Waals surface area contributed by atoms with E-state index in [1.54, 1.807) is 0 Å². The Balaban J connectivity index is 1.47. The maximum Gasteiger partial charge on any atom is 0.309 e. The first-order chi connectivity index (χ1) is 16.1. The van der Waals surface area contributed by atoms with Crippen LogP contribution in [-0.4, -0.2) is 26.3 Å². The number of esters is 1. The zero-order chi connectivity index (χ0) is 23.5. The van der Waals surface area contributed by atoms with Crippen LogP contribution in [0.25, 0.3) is 0 Å². The van der Waals surface area contributed by atoms with Crippen molar-refractivity contribution in [3.63, 3.8) is 0 Å². The molecule has 33 heavy (non-hydrogen) atoms. The van der Waals surface area contributed by atoms with Gasteiger partial charge in [-0.05, 0) is 66.9 Å². The molecule has 0 saturated heterocycles. The summed E-state index contributed by atoms with van der Waals surface area (Å²) in [6.45, 7) is 5.33. The second-order valence-electron chi connectivity index (χ2n) is 7.88. The Hall–Kier alpha value is -3.47. The number of rotatable bonds is 12. The molecule has 0 bridgehead atoms. The summed E-state index contributed by atoms with van der Waals surface area (Å²) >= 11 is 0. The Kier molecular flexibility index (Phi) is 9.19. The highest BCUT2D eigenvalue weighted by Gasteiger charge is 2.07. The van der Waals surface area contributed by atoms with Crippen LogP contribution in [0.3, 0.4) is 0 Å². The average molecular weight is 449 g/mol. The van der Waals surface area contributed by atoms with Gasteiger partial charge in [0.2, 0.25) is 0 Å². The topological polar surface area (TPSA) is 54.0 Å². The minimum absolute atomic E-state index is 0.252. The van der Waals surface area contributed by atoms with Gasteiger partial charge >= 0.3 is 5.97 Å². The number of hydrogen-bond donors (Lipinski definition) is 0. The second-order valence-corrected chi connectivity index (χ2v) is 7.88. The Bertz CT molecular complexity index is 1010. The highest BCUT2D eigenvalue weighted by atomic mass is 16.5. The molecule has 0 saturated carbocycles. The molecule has 5 nitrogen and oxygen atoms in total. The van der Waals surface area contributed by atoms with Crippen LogP contribution >= 0.6 is 0 Å². The monoisotopic (exact) mass is 448 g/mol. The molecule has 0 spiro atoms. The van der Waals surface area contributed by atoms with E-state index in [-0.39, 0.29) is 12.4 Å². The largest absolute Gasteiger partial charge is 0.493 e. The number of hydrogen-bond acceptors (Lipinski definition) is 5. The normalized spacial score (nSPS) is 10.5. The summed E-state index contributed by atoms with van der Waals surface area (Å²) in [6, 6.07) is 21.5. The van der Waals surface area contributed by atoms with Crippen molar-refractivity contribution >= 4 is 5.97 Å². The minimum Gasteiger partial charge on any atom is -0.493 e. The number of carbonyl (C=O) groups is 1. The molecule has 0 amide bonds. The molecule has 0 heterocycles. The molecule has 0 unspecified atom stereocenters. The van der Waals surface area contributed by atoms with E-state index in [1.165, 1.54) is 12.7 Å². The molecule has 0 aliphatic heterocycles. The fraction of sp³-hybridized carbons (Fsp3) is 0.321. The number of methoxy groups -OCH3 is 1. The van der Waals surface area contributed by atoms with Gasteiger partial charge in [-0.3, -0.25) is 4.79 Å². The van der Waals surface area contributed by atoms with Gasteiger partial charge in [0.25, 0.3) is 0 Å². The van der Waals surface area contributed by atoms with Gasteiger partial charge in [-0.25, -0.2) is 0 Å². The second kappa shape index (κ2) is 12.5. The molecule has 0 aliphatic rings. The Morgan fingerprint density at radius 1 is 0.818 bits per heavy atom. The lowest BCUT2D eigenvalue weighted by molar-refractivity contribution is -0.139. The Labute approximate surface area is 196 Å². The predicted octanol–water partition coefficient (Wildman–Crippen LogP) is 6.30. The summed E-state index contributed by atoms with van der Waals surface area (Å²) in [5.74, 6) is 3.05. The van der Waals surface area contributed by atoms with E-state index in [4.69, 9.17) is 14.2 Å². The van der Waals surface area contributed by atoms with Crippen molar-refractivity contribution in [3.05, 3.63) is 83.4 Å². The van der Waals surface area contributed by atoms with Crippen LogP contribution in [0.15, 0.2) is 66.7 Å². The van der Waals surface area contributed by atoms with E-state index in [0.717, 1.165) is 53.4 Å². The van der Waals surface area contributed by atoms with E-state index < -0.39 is 0 Å². The van der Waals surface area contributed by atoms with E-state index in [1.807, 2.05) is 60.7 Å². The van der Waals surface area contributed by atoms with Crippen LogP contribution in [0.1, 0.15) is 36.5 Å². The molecule has 5 heteroatoms. The van der Waals surface area contributed by atoms with Gasteiger partial charge in [-0.2, -0.15) is 0 Å². The summed E-state index contributed by atoms with van der Waals surface area (Å²) < 4.78 is 22.5. The van der Waals surface area contributed by atoms with Gasteiger partial charge in [0.05, 0.1) is 26.7 Å².